The Balaban J connectivity index is 1.98. The van der Waals surface area contributed by atoms with Crippen molar-refractivity contribution in [2.75, 3.05) is 6.54 Å². The first-order chi connectivity index (χ1) is 10.0. The summed E-state index contributed by atoms with van der Waals surface area (Å²) >= 11 is 0. The molecule has 3 atom stereocenters. The van der Waals surface area contributed by atoms with Crippen LogP contribution in [0.15, 0.2) is 36.9 Å². The number of carbonyl (C=O) groups excluding carboxylic acids is 2. The molecule has 0 spiro atoms. The summed E-state index contributed by atoms with van der Waals surface area (Å²) in [5.74, 6) is -0.722. The van der Waals surface area contributed by atoms with Crippen LogP contribution in [-0.2, 0) is 9.59 Å². The minimum Gasteiger partial charge on any atom is -0.468 e. The van der Waals surface area contributed by atoms with Crippen molar-refractivity contribution >= 4 is 11.8 Å². The summed E-state index contributed by atoms with van der Waals surface area (Å²) in [7, 11) is 0. The zero-order valence-electron chi connectivity index (χ0n) is 11.9. The Bertz CT molecular complexity index is 613. The third kappa shape index (κ3) is 2.28. The van der Waals surface area contributed by atoms with Crippen molar-refractivity contribution < 1.29 is 14.3 Å². The summed E-state index contributed by atoms with van der Waals surface area (Å²) in [5, 5.41) is 5.54. The first kappa shape index (κ1) is 13.7. The fraction of sp³-hybridized carbons (Fsp3) is 0.375. The molecule has 2 unspecified atom stereocenters. The number of carbonyl (C=O) groups is 2. The van der Waals surface area contributed by atoms with E-state index in [1.165, 1.54) is 0 Å². The average molecular weight is 286 g/mol. The third-order valence-electron chi connectivity index (χ3n) is 4.04. The standard InChI is InChI=1S/C16H18N2O3/c1-3-8-17-14(19)13-11-9-16(2,18-15(13)20)21-12-7-5-4-6-10(11)12/h3-7,11,13H,1,8-9H2,2H3,(H,17,19)(H,18,20)/t11?,13?,16-/m1/s1. The number of rotatable bonds is 3. The Labute approximate surface area is 123 Å². The van der Waals surface area contributed by atoms with Crippen LogP contribution in [0.3, 0.4) is 0 Å². The van der Waals surface area contributed by atoms with Gasteiger partial charge in [0.1, 0.15) is 11.7 Å². The maximum Gasteiger partial charge on any atom is 0.236 e. The van der Waals surface area contributed by atoms with Crippen LogP contribution in [-0.4, -0.2) is 24.1 Å². The lowest BCUT2D eigenvalue weighted by Crippen LogP contribution is -2.62. The number of benzene rings is 1. The molecule has 0 aromatic heterocycles. The Morgan fingerprint density at radius 3 is 3.10 bits per heavy atom. The summed E-state index contributed by atoms with van der Waals surface area (Å²) in [4.78, 5) is 24.7. The molecule has 21 heavy (non-hydrogen) atoms. The van der Waals surface area contributed by atoms with E-state index >= 15 is 0 Å². The maximum atomic E-state index is 12.3. The van der Waals surface area contributed by atoms with Crippen molar-refractivity contribution in [3.63, 3.8) is 0 Å². The molecule has 2 bridgehead atoms. The van der Waals surface area contributed by atoms with Gasteiger partial charge in [0, 0.05) is 18.9 Å². The number of piperidine rings is 1. The molecule has 1 aromatic rings. The van der Waals surface area contributed by atoms with E-state index in [9.17, 15) is 9.59 Å². The minimum absolute atomic E-state index is 0.168. The van der Waals surface area contributed by atoms with Gasteiger partial charge in [-0.3, -0.25) is 9.59 Å². The molecule has 2 N–H and O–H groups in total. The zero-order chi connectivity index (χ0) is 15.0. The summed E-state index contributed by atoms with van der Waals surface area (Å²) in [6.07, 6.45) is 2.18. The third-order valence-corrected chi connectivity index (χ3v) is 4.04. The number of nitrogens with one attached hydrogen (secondary N) is 2. The van der Waals surface area contributed by atoms with Crippen molar-refractivity contribution in [1.29, 1.82) is 0 Å². The molecule has 2 heterocycles. The van der Waals surface area contributed by atoms with Gasteiger partial charge in [0.05, 0.1) is 0 Å². The molecule has 3 rings (SSSR count). The largest absolute Gasteiger partial charge is 0.468 e. The van der Waals surface area contributed by atoms with E-state index in [0.717, 1.165) is 11.3 Å². The lowest BCUT2D eigenvalue weighted by atomic mass is 9.74. The van der Waals surface area contributed by atoms with E-state index in [0.29, 0.717) is 13.0 Å². The van der Waals surface area contributed by atoms with Crippen LogP contribution in [0.2, 0.25) is 0 Å². The highest BCUT2D eigenvalue weighted by Crippen LogP contribution is 2.46. The van der Waals surface area contributed by atoms with E-state index in [4.69, 9.17) is 4.74 Å². The molecular formula is C16H18N2O3. The SMILES string of the molecule is C=CCNC(=O)C1C(=O)N[C@@]2(C)CC1c1ccccc1O2. The van der Waals surface area contributed by atoms with Gasteiger partial charge in [-0.25, -0.2) is 0 Å². The van der Waals surface area contributed by atoms with Crippen molar-refractivity contribution in [2.45, 2.75) is 25.0 Å². The fourth-order valence-electron chi connectivity index (χ4n) is 3.17. The molecule has 5 heteroatoms. The van der Waals surface area contributed by atoms with E-state index in [-0.39, 0.29) is 17.7 Å². The number of amides is 2. The monoisotopic (exact) mass is 286 g/mol. The van der Waals surface area contributed by atoms with Gasteiger partial charge in [-0.05, 0) is 18.6 Å². The van der Waals surface area contributed by atoms with Crippen molar-refractivity contribution in [3.8, 4) is 5.75 Å². The normalized spacial score (nSPS) is 29.7. The van der Waals surface area contributed by atoms with Gasteiger partial charge in [-0.2, -0.15) is 0 Å². The fourth-order valence-corrected chi connectivity index (χ4v) is 3.17. The molecule has 1 aromatic carbocycles. The second-order valence-electron chi connectivity index (χ2n) is 5.68. The van der Waals surface area contributed by atoms with Crippen LogP contribution in [0.1, 0.15) is 24.8 Å². The van der Waals surface area contributed by atoms with Gasteiger partial charge in [0.15, 0.2) is 5.72 Å². The van der Waals surface area contributed by atoms with Crippen molar-refractivity contribution in [2.24, 2.45) is 5.92 Å². The van der Waals surface area contributed by atoms with Crippen LogP contribution in [0.4, 0.5) is 0 Å². The molecule has 0 saturated carbocycles. The highest BCUT2D eigenvalue weighted by atomic mass is 16.5. The molecular weight excluding hydrogens is 268 g/mol. The minimum atomic E-state index is -0.745. The predicted molar refractivity (Wildman–Crippen MR) is 77.7 cm³/mol. The van der Waals surface area contributed by atoms with Crippen LogP contribution < -0.4 is 15.4 Å². The first-order valence-electron chi connectivity index (χ1n) is 7.03. The Kier molecular flexibility index (Phi) is 3.20. The van der Waals surface area contributed by atoms with Gasteiger partial charge < -0.3 is 15.4 Å². The number of para-hydroxylation sites is 1. The molecule has 2 amide bonds. The van der Waals surface area contributed by atoms with Gasteiger partial charge in [-0.1, -0.05) is 24.3 Å². The number of hydrogen-bond acceptors (Lipinski definition) is 3. The summed E-state index contributed by atoms with van der Waals surface area (Å²) in [6, 6.07) is 7.58. The van der Waals surface area contributed by atoms with Gasteiger partial charge >= 0.3 is 0 Å². The molecule has 1 saturated heterocycles. The highest BCUT2D eigenvalue weighted by molar-refractivity contribution is 6.02. The second-order valence-corrected chi connectivity index (χ2v) is 5.68. The molecule has 2 aliphatic rings. The average Bonchev–Trinajstić information content (AvgIpc) is 2.43. The Hall–Kier alpha value is -2.30. The van der Waals surface area contributed by atoms with Crippen LogP contribution in [0.5, 0.6) is 5.75 Å². The van der Waals surface area contributed by atoms with E-state index in [1.807, 2.05) is 31.2 Å². The van der Waals surface area contributed by atoms with Crippen molar-refractivity contribution in [3.05, 3.63) is 42.5 Å². The zero-order valence-corrected chi connectivity index (χ0v) is 11.9. The lowest BCUT2D eigenvalue weighted by Gasteiger charge is -2.46. The highest BCUT2D eigenvalue weighted by Gasteiger charge is 2.51. The molecule has 5 nitrogen and oxygen atoms in total. The van der Waals surface area contributed by atoms with Gasteiger partial charge in [0.2, 0.25) is 11.8 Å². The smallest absolute Gasteiger partial charge is 0.236 e. The van der Waals surface area contributed by atoms with Crippen LogP contribution in [0.25, 0.3) is 0 Å². The Morgan fingerprint density at radius 1 is 1.57 bits per heavy atom. The summed E-state index contributed by atoms with van der Waals surface area (Å²) in [5.41, 5.74) is 0.175. The maximum absolute atomic E-state index is 12.3. The number of hydrogen-bond donors (Lipinski definition) is 2. The summed E-state index contributed by atoms with van der Waals surface area (Å²) in [6.45, 7) is 5.76. The second kappa shape index (κ2) is 4.91. The van der Waals surface area contributed by atoms with E-state index < -0.39 is 11.6 Å². The Morgan fingerprint density at radius 2 is 2.33 bits per heavy atom. The topological polar surface area (TPSA) is 67.4 Å². The summed E-state index contributed by atoms with van der Waals surface area (Å²) < 4.78 is 5.89. The van der Waals surface area contributed by atoms with Gasteiger partial charge in [-0.15, -0.1) is 6.58 Å². The molecule has 2 aliphatic heterocycles. The molecule has 1 fully saturated rings. The quantitative estimate of drug-likeness (QED) is 0.650. The molecule has 110 valence electrons. The predicted octanol–water partition coefficient (Wildman–Crippen LogP) is 1.32. The van der Waals surface area contributed by atoms with Crippen molar-refractivity contribution in [1.82, 2.24) is 10.6 Å². The van der Waals surface area contributed by atoms with Crippen LogP contribution >= 0.6 is 0 Å². The lowest BCUT2D eigenvalue weighted by molar-refractivity contribution is -0.147. The molecule has 0 radical (unpaired) electrons. The number of ether oxygens (including phenoxy) is 1. The first-order valence-corrected chi connectivity index (χ1v) is 7.03. The van der Waals surface area contributed by atoms with E-state index in [1.54, 1.807) is 6.08 Å². The van der Waals surface area contributed by atoms with Crippen LogP contribution in [0, 0.1) is 5.92 Å². The van der Waals surface area contributed by atoms with E-state index in [2.05, 4.69) is 17.2 Å². The molecule has 0 aliphatic carbocycles. The van der Waals surface area contributed by atoms with Gasteiger partial charge in [0.25, 0.3) is 0 Å². The number of fused-ring (bicyclic) bond motifs is 4.